The Hall–Kier alpha value is -3.02. The van der Waals surface area contributed by atoms with Crippen molar-refractivity contribution in [2.45, 2.75) is 19.9 Å². The highest BCUT2D eigenvalue weighted by Crippen LogP contribution is 2.20. The summed E-state index contributed by atoms with van der Waals surface area (Å²) >= 11 is 0. The number of nitrogens with zero attached hydrogens (tertiary/aromatic N) is 1. The molecule has 2 rings (SSSR count). The Morgan fingerprint density at radius 2 is 2.08 bits per heavy atom. The van der Waals surface area contributed by atoms with Crippen LogP contribution in [0.5, 0.6) is 11.5 Å². The van der Waals surface area contributed by atoms with Crippen LogP contribution in [0, 0.1) is 6.92 Å². The summed E-state index contributed by atoms with van der Waals surface area (Å²) in [4.78, 5) is 12.1. The van der Waals surface area contributed by atoms with Crippen LogP contribution in [0.2, 0.25) is 0 Å². The minimum absolute atomic E-state index is 0.0553. The number of nitrogens with one attached hydrogen (secondary N) is 2. The van der Waals surface area contributed by atoms with E-state index in [1.807, 2.05) is 31.2 Å². The summed E-state index contributed by atoms with van der Waals surface area (Å²) in [6.45, 7) is 3.73. The molecule has 0 saturated carbocycles. The standard InChI is InChI=1S/C18H21N3O3/c1-12-5-4-6-15(9-12)20-13(2)18(23)21-19-11-14-10-16(24-3)7-8-17(14)22/h4-11,13,20,22H,1-3H3,(H,21,23)/b19-11-/t13-/m1/s1. The van der Waals surface area contributed by atoms with Gasteiger partial charge in [-0.1, -0.05) is 12.1 Å². The lowest BCUT2D eigenvalue weighted by atomic mass is 10.2. The second-order valence-corrected chi connectivity index (χ2v) is 5.39. The number of methoxy groups -OCH3 is 1. The number of aryl methyl sites for hydroxylation is 1. The molecule has 6 heteroatoms. The maximum absolute atomic E-state index is 12.1. The normalized spacial score (nSPS) is 12.0. The first-order chi connectivity index (χ1) is 11.5. The number of amides is 1. The van der Waals surface area contributed by atoms with E-state index in [-0.39, 0.29) is 11.7 Å². The second kappa shape index (κ2) is 8.01. The Morgan fingerprint density at radius 1 is 1.29 bits per heavy atom. The number of rotatable bonds is 6. The monoisotopic (exact) mass is 327 g/mol. The van der Waals surface area contributed by atoms with Crippen LogP contribution in [-0.4, -0.2) is 30.4 Å². The molecule has 0 spiro atoms. The average Bonchev–Trinajstić information content (AvgIpc) is 2.56. The van der Waals surface area contributed by atoms with Crippen molar-refractivity contribution < 1.29 is 14.6 Å². The summed E-state index contributed by atoms with van der Waals surface area (Å²) in [5.74, 6) is 0.366. The third-order valence-corrected chi connectivity index (χ3v) is 3.41. The van der Waals surface area contributed by atoms with Gasteiger partial charge in [0.25, 0.3) is 5.91 Å². The third kappa shape index (κ3) is 4.74. The molecule has 6 nitrogen and oxygen atoms in total. The number of anilines is 1. The van der Waals surface area contributed by atoms with Gasteiger partial charge < -0.3 is 15.2 Å². The Kier molecular flexibility index (Phi) is 5.78. The van der Waals surface area contributed by atoms with Crippen LogP contribution in [0.3, 0.4) is 0 Å². The van der Waals surface area contributed by atoms with Crippen LogP contribution >= 0.6 is 0 Å². The number of benzene rings is 2. The van der Waals surface area contributed by atoms with E-state index >= 15 is 0 Å². The quantitative estimate of drug-likeness (QED) is 0.563. The molecular weight excluding hydrogens is 306 g/mol. The molecule has 0 bridgehead atoms. The second-order valence-electron chi connectivity index (χ2n) is 5.39. The SMILES string of the molecule is COc1ccc(O)c(/C=N\NC(=O)[C@@H](C)Nc2cccc(C)c2)c1. The number of hydrogen-bond acceptors (Lipinski definition) is 5. The van der Waals surface area contributed by atoms with Gasteiger partial charge in [-0.2, -0.15) is 5.10 Å². The molecule has 1 amide bonds. The van der Waals surface area contributed by atoms with Crippen molar-refractivity contribution in [2.24, 2.45) is 5.10 Å². The summed E-state index contributed by atoms with van der Waals surface area (Å²) in [6, 6.07) is 12.1. The zero-order valence-corrected chi connectivity index (χ0v) is 13.9. The molecule has 3 N–H and O–H groups in total. The van der Waals surface area contributed by atoms with Gasteiger partial charge in [0.05, 0.1) is 13.3 Å². The molecule has 0 aliphatic rings. The van der Waals surface area contributed by atoms with Crippen LogP contribution in [0.15, 0.2) is 47.6 Å². The highest BCUT2D eigenvalue weighted by atomic mass is 16.5. The molecule has 0 fully saturated rings. The summed E-state index contributed by atoms with van der Waals surface area (Å²) in [6.07, 6.45) is 1.37. The van der Waals surface area contributed by atoms with Crippen molar-refractivity contribution in [1.82, 2.24) is 5.43 Å². The molecule has 126 valence electrons. The number of aromatic hydroxyl groups is 1. The van der Waals surface area contributed by atoms with Gasteiger partial charge in [-0.25, -0.2) is 5.43 Å². The van der Waals surface area contributed by atoms with E-state index in [0.717, 1.165) is 11.3 Å². The van der Waals surface area contributed by atoms with Crippen LogP contribution in [0.25, 0.3) is 0 Å². The first-order valence-electron chi connectivity index (χ1n) is 7.52. The molecule has 0 aliphatic heterocycles. The summed E-state index contributed by atoms with van der Waals surface area (Å²) < 4.78 is 5.08. The Bertz CT molecular complexity index is 744. The molecule has 0 saturated heterocycles. The molecule has 0 radical (unpaired) electrons. The van der Waals surface area contributed by atoms with Crippen molar-refractivity contribution in [2.75, 3.05) is 12.4 Å². The van der Waals surface area contributed by atoms with Gasteiger partial charge in [-0.3, -0.25) is 4.79 Å². The van der Waals surface area contributed by atoms with Crippen molar-refractivity contribution in [3.8, 4) is 11.5 Å². The van der Waals surface area contributed by atoms with Gasteiger partial charge in [0, 0.05) is 11.3 Å². The zero-order valence-electron chi connectivity index (χ0n) is 13.9. The van der Waals surface area contributed by atoms with Gasteiger partial charge in [-0.15, -0.1) is 0 Å². The number of carbonyl (C=O) groups excluding carboxylic acids is 1. The average molecular weight is 327 g/mol. The fraction of sp³-hybridized carbons (Fsp3) is 0.222. The number of phenolic OH excluding ortho intramolecular Hbond substituents is 1. The highest BCUT2D eigenvalue weighted by molar-refractivity contribution is 5.88. The van der Waals surface area contributed by atoms with Crippen LogP contribution in [0.1, 0.15) is 18.1 Å². The molecule has 0 heterocycles. The first kappa shape index (κ1) is 17.3. The number of ether oxygens (including phenoxy) is 1. The van der Waals surface area contributed by atoms with E-state index in [4.69, 9.17) is 4.74 Å². The zero-order chi connectivity index (χ0) is 17.5. The number of phenols is 1. The van der Waals surface area contributed by atoms with E-state index in [9.17, 15) is 9.90 Å². The molecule has 1 atom stereocenters. The van der Waals surface area contributed by atoms with Crippen molar-refractivity contribution in [1.29, 1.82) is 0 Å². The van der Waals surface area contributed by atoms with E-state index in [0.29, 0.717) is 11.3 Å². The maximum atomic E-state index is 12.1. The molecule has 24 heavy (non-hydrogen) atoms. The van der Waals surface area contributed by atoms with E-state index < -0.39 is 6.04 Å². The van der Waals surface area contributed by atoms with Gasteiger partial charge >= 0.3 is 0 Å². The van der Waals surface area contributed by atoms with Crippen LogP contribution < -0.4 is 15.5 Å². The Balaban J connectivity index is 1.94. The molecular formula is C18H21N3O3. The largest absolute Gasteiger partial charge is 0.507 e. The van der Waals surface area contributed by atoms with Crippen molar-refractivity contribution >= 4 is 17.8 Å². The summed E-state index contributed by atoms with van der Waals surface area (Å²) in [5.41, 5.74) is 4.88. The lowest BCUT2D eigenvalue weighted by Gasteiger charge is -2.13. The van der Waals surface area contributed by atoms with E-state index in [2.05, 4.69) is 15.8 Å². The van der Waals surface area contributed by atoms with Gasteiger partial charge in [0.1, 0.15) is 17.5 Å². The topological polar surface area (TPSA) is 83.0 Å². The van der Waals surface area contributed by atoms with Crippen LogP contribution in [-0.2, 0) is 4.79 Å². The van der Waals surface area contributed by atoms with E-state index in [1.54, 1.807) is 19.1 Å². The van der Waals surface area contributed by atoms with E-state index in [1.165, 1.54) is 19.4 Å². The highest BCUT2D eigenvalue weighted by Gasteiger charge is 2.11. The predicted molar refractivity (Wildman–Crippen MR) is 94.7 cm³/mol. The molecule has 0 aliphatic carbocycles. The minimum atomic E-state index is -0.456. The van der Waals surface area contributed by atoms with Crippen molar-refractivity contribution in [3.05, 3.63) is 53.6 Å². The maximum Gasteiger partial charge on any atom is 0.262 e. The molecule has 0 unspecified atom stereocenters. The Morgan fingerprint density at radius 3 is 2.79 bits per heavy atom. The van der Waals surface area contributed by atoms with Gasteiger partial charge in [-0.05, 0) is 49.7 Å². The van der Waals surface area contributed by atoms with Crippen molar-refractivity contribution in [3.63, 3.8) is 0 Å². The number of hydrazone groups is 1. The van der Waals surface area contributed by atoms with Gasteiger partial charge in [0.2, 0.25) is 0 Å². The number of carbonyl (C=O) groups is 1. The predicted octanol–water partition coefficient (Wildman–Crippen LogP) is 2.66. The first-order valence-corrected chi connectivity index (χ1v) is 7.52. The molecule has 0 aromatic heterocycles. The smallest absolute Gasteiger partial charge is 0.262 e. The number of hydrogen-bond donors (Lipinski definition) is 3. The molecule has 2 aromatic carbocycles. The lowest BCUT2D eigenvalue weighted by molar-refractivity contribution is -0.121. The minimum Gasteiger partial charge on any atom is -0.507 e. The van der Waals surface area contributed by atoms with Crippen LogP contribution in [0.4, 0.5) is 5.69 Å². The fourth-order valence-corrected chi connectivity index (χ4v) is 2.08. The van der Waals surface area contributed by atoms with Gasteiger partial charge in [0.15, 0.2) is 0 Å². The fourth-order valence-electron chi connectivity index (χ4n) is 2.08. The third-order valence-electron chi connectivity index (χ3n) is 3.41. The summed E-state index contributed by atoms with van der Waals surface area (Å²) in [5, 5.41) is 16.7. The molecule has 2 aromatic rings. The summed E-state index contributed by atoms with van der Waals surface area (Å²) in [7, 11) is 1.54. The lowest BCUT2D eigenvalue weighted by Crippen LogP contribution is -2.34. The Labute approximate surface area is 141 Å².